The molecule has 0 bridgehead atoms. The van der Waals surface area contributed by atoms with Crippen molar-refractivity contribution in [1.82, 2.24) is 4.57 Å². The van der Waals surface area contributed by atoms with Crippen LogP contribution in [0.2, 0.25) is 0 Å². The lowest BCUT2D eigenvalue weighted by molar-refractivity contribution is 0.1000. The van der Waals surface area contributed by atoms with Crippen LogP contribution < -0.4 is 16.6 Å². The Hall–Kier alpha value is -2.15. The minimum absolute atomic E-state index is 0.122. The summed E-state index contributed by atoms with van der Waals surface area (Å²) in [5, 5.41) is 2.78. The molecule has 2 rings (SSSR count). The van der Waals surface area contributed by atoms with Crippen LogP contribution in [0.5, 0.6) is 0 Å². The summed E-state index contributed by atoms with van der Waals surface area (Å²) < 4.78 is 15.7. The molecule has 0 unspecified atom stereocenters. The summed E-state index contributed by atoms with van der Waals surface area (Å²) in [5.74, 6) is -1.21. The van der Waals surface area contributed by atoms with E-state index < -0.39 is 11.7 Å². The molecule has 0 saturated carbocycles. The molecule has 0 aliphatic carbocycles. The van der Waals surface area contributed by atoms with Crippen LogP contribution in [0, 0.1) is 12.7 Å². The number of nitrogens with one attached hydrogen (secondary N) is 1. The standard InChI is InChI=1S/C14H13BrFN3O2/c1-7-12(9(13(17)20)6-19(2)14(7)21)18-11-4-3-8(15)5-10(11)16/h3-6,18H,1-2H3,(H2,17,20). The summed E-state index contributed by atoms with van der Waals surface area (Å²) in [6.07, 6.45) is 1.33. The third-order valence-corrected chi connectivity index (χ3v) is 3.56. The second kappa shape index (κ2) is 5.69. The van der Waals surface area contributed by atoms with E-state index in [9.17, 15) is 14.0 Å². The molecule has 0 fully saturated rings. The first kappa shape index (κ1) is 15.2. The van der Waals surface area contributed by atoms with Crippen molar-refractivity contribution in [2.24, 2.45) is 12.8 Å². The highest BCUT2D eigenvalue weighted by Gasteiger charge is 2.16. The molecule has 1 aromatic carbocycles. The van der Waals surface area contributed by atoms with Crippen LogP contribution in [0.1, 0.15) is 15.9 Å². The molecule has 0 saturated heterocycles. The number of nitrogens with two attached hydrogens (primary N) is 1. The van der Waals surface area contributed by atoms with Crippen LogP contribution in [0.25, 0.3) is 0 Å². The third-order valence-electron chi connectivity index (χ3n) is 3.06. The van der Waals surface area contributed by atoms with Crippen LogP contribution in [-0.2, 0) is 7.05 Å². The summed E-state index contributed by atoms with van der Waals surface area (Å²) in [7, 11) is 1.52. The first-order chi connectivity index (χ1) is 9.81. The van der Waals surface area contributed by atoms with E-state index in [0.29, 0.717) is 4.47 Å². The lowest BCUT2D eigenvalue weighted by atomic mass is 10.1. The van der Waals surface area contributed by atoms with Gasteiger partial charge in [-0.3, -0.25) is 9.59 Å². The quantitative estimate of drug-likeness (QED) is 0.889. The molecule has 3 N–H and O–H groups in total. The van der Waals surface area contributed by atoms with Gasteiger partial charge in [-0.05, 0) is 25.1 Å². The number of hydrogen-bond acceptors (Lipinski definition) is 3. The van der Waals surface area contributed by atoms with Crippen LogP contribution in [0.3, 0.4) is 0 Å². The fraction of sp³-hybridized carbons (Fsp3) is 0.143. The average molecular weight is 354 g/mol. The Bertz CT molecular complexity index is 787. The molecule has 1 heterocycles. The van der Waals surface area contributed by atoms with Gasteiger partial charge in [-0.25, -0.2) is 4.39 Å². The average Bonchev–Trinajstić information content (AvgIpc) is 2.41. The predicted molar refractivity (Wildman–Crippen MR) is 82.3 cm³/mol. The molecule has 1 amide bonds. The molecule has 1 aromatic heterocycles. The lowest BCUT2D eigenvalue weighted by Gasteiger charge is -2.15. The molecule has 21 heavy (non-hydrogen) atoms. The van der Waals surface area contributed by atoms with Gasteiger partial charge in [0.15, 0.2) is 0 Å². The number of pyridine rings is 1. The van der Waals surface area contributed by atoms with Crippen LogP contribution >= 0.6 is 15.9 Å². The normalized spacial score (nSPS) is 10.5. The van der Waals surface area contributed by atoms with Gasteiger partial charge < -0.3 is 15.6 Å². The molecule has 110 valence electrons. The van der Waals surface area contributed by atoms with E-state index in [-0.39, 0.29) is 28.1 Å². The van der Waals surface area contributed by atoms with E-state index in [4.69, 9.17) is 5.73 Å². The Balaban J connectivity index is 2.60. The maximum absolute atomic E-state index is 13.9. The number of primary amides is 1. The minimum atomic E-state index is -0.700. The SMILES string of the molecule is Cc1c(Nc2ccc(Br)cc2F)c(C(N)=O)cn(C)c1=O. The number of benzene rings is 1. The van der Waals surface area contributed by atoms with Crippen molar-refractivity contribution < 1.29 is 9.18 Å². The lowest BCUT2D eigenvalue weighted by Crippen LogP contribution is -2.25. The van der Waals surface area contributed by atoms with Gasteiger partial charge in [-0.2, -0.15) is 0 Å². The van der Waals surface area contributed by atoms with Gasteiger partial charge in [0, 0.05) is 23.3 Å². The number of aryl methyl sites for hydroxylation is 1. The van der Waals surface area contributed by atoms with Gasteiger partial charge in [0.1, 0.15) is 5.82 Å². The second-order valence-corrected chi connectivity index (χ2v) is 5.49. The van der Waals surface area contributed by atoms with Crippen molar-refractivity contribution in [3.05, 3.63) is 56.2 Å². The molecule has 0 spiro atoms. The number of carbonyl (C=O) groups excluding carboxylic acids is 1. The van der Waals surface area contributed by atoms with Crippen LogP contribution in [0.4, 0.5) is 15.8 Å². The number of carbonyl (C=O) groups is 1. The zero-order valence-electron chi connectivity index (χ0n) is 11.4. The Kier molecular flexibility index (Phi) is 4.13. The van der Waals surface area contributed by atoms with E-state index in [1.54, 1.807) is 13.0 Å². The van der Waals surface area contributed by atoms with Crippen molar-refractivity contribution in [3.8, 4) is 0 Å². The van der Waals surface area contributed by atoms with E-state index in [2.05, 4.69) is 21.2 Å². The van der Waals surface area contributed by atoms with Crippen LogP contribution in [0.15, 0.2) is 33.7 Å². The fourth-order valence-corrected chi connectivity index (χ4v) is 2.30. The molecule has 0 aliphatic heterocycles. The molecule has 7 heteroatoms. The van der Waals surface area contributed by atoms with Crippen LogP contribution in [-0.4, -0.2) is 10.5 Å². The van der Waals surface area contributed by atoms with E-state index in [1.807, 2.05) is 0 Å². The second-order valence-electron chi connectivity index (χ2n) is 4.57. The van der Waals surface area contributed by atoms with Crippen molar-refractivity contribution in [1.29, 1.82) is 0 Å². The molecule has 0 atom stereocenters. The van der Waals surface area contributed by atoms with E-state index in [0.717, 1.165) is 0 Å². The molecule has 0 radical (unpaired) electrons. The number of hydrogen-bond donors (Lipinski definition) is 2. The molecule has 2 aromatic rings. The van der Waals surface area contributed by atoms with Crippen molar-refractivity contribution >= 4 is 33.2 Å². The number of anilines is 2. The predicted octanol–water partition coefficient (Wildman–Crippen LogP) is 2.44. The highest BCUT2D eigenvalue weighted by atomic mass is 79.9. The monoisotopic (exact) mass is 353 g/mol. The van der Waals surface area contributed by atoms with Crippen molar-refractivity contribution in [3.63, 3.8) is 0 Å². The number of aromatic nitrogens is 1. The Morgan fingerprint density at radius 1 is 1.43 bits per heavy atom. The topological polar surface area (TPSA) is 77.1 Å². The maximum atomic E-state index is 13.9. The zero-order chi connectivity index (χ0) is 15.7. The number of halogens is 2. The summed E-state index contributed by atoms with van der Waals surface area (Å²) in [5.41, 5.74) is 5.81. The zero-order valence-corrected chi connectivity index (χ0v) is 13.0. The molecular formula is C14H13BrFN3O2. The highest BCUT2D eigenvalue weighted by Crippen LogP contribution is 2.26. The summed E-state index contributed by atoms with van der Waals surface area (Å²) in [6, 6.07) is 4.43. The highest BCUT2D eigenvalue weighted by molar-refractivity contribution is 9.10. The molecular weight excluding hydrogens is 341 g/mol. The first-order valence-corrected chi connectivity index (χ1v) is 6.82. The Labute approximate surface area is 128 Å². The largest absolute Gasteiger partial charge is 0.365 e. The van der Waals surface area contributed by atoms with Gasteiger partial charge >= 0.3 is 0 Å². The first-order valence-electron chi connectivity index (χ1n) is 6.03. The smallest absolute Gasteiger partial charge is 0.255 e. The number of nitrogens with zero attached hydrogens (tertiary/aromatic N) is 1. The summed E-state index contributed by atoms with van der Waals surface area (Å²) in [6.45, 7) is 1.55. The fourth-order valence-electron chi connectivity index (χ4n) is 1.96. The minimum Gasteiger partial charge on any atom is -0.365 e. The third kappa shape index (κ3) is 2.97. The number of rotatable bonds is 3. The van der Waals surface area contributed by atoms with Gasteiger partial charge in [0.05, 0.1) is 16.9 Å². The van der Waals surface area contributed by atoms with Gasteiger partial charge in [-0.1, -0.05) is 15.9 Å². The van der Waals surface area contributed by atoms with E-state index in [1.165, 1.54) is 29.9 Å². The van der Waals surface area contributed by atoms with Gasteiger partial charge in [0.25, 0.3) is 11.5 Å². The van der Waals surface area contributed by atoms with Gasteiger partial charge in [0.2, 0.25) is 0 Å². The van der Waals surface area contributed by atoms with Crippen molar-refractivity contribution in [2.75, 3.05) is 5.32 Å². The Morgan fingerprint density at radius 3 is 2.67 bits per heavy atom. The number of amides is 1. The maximum Gasteiger partial charge on any atom is 0.255 e. The van der Waals surface area contributed by atoms with Crippen molar-refractivity contribution in [2.45, 2.75) is 6.92 Å². The summed E-state index contributed by atoms with van der Waals surface area (Å²) in [4.78, 5) is 23.5. The summed E-state index contributed by atoms with van der Waals surface area (Å²) >= 11 is 3.16. The molecule has 5 nitrogen and oxygen atoms in total. The van der Waals surface area contributed by atoms with Gasteiger partial charge in [-0.15, -0.1) is 0 Å². The molecule has 0 aliphatic rings. The Morgan fingerprint density at radius 2 is 2.10 bits per heavy atom. The van der Waals surface area contributed by atoms with E-state index >= 15 is 0 Å².